The van der Waals surface area contributed by atoms with Crippen molar-refractivity contribution in [2.24, 2.45) is 5.73 Å². The van der Waals surface area contributed by atoms with Crippen LogP contribution in [0.4, 0.5) is 0 Å². The lowest BCUT2D eigenvalue weighted by Crippen LogP contribution is -2.27. The molecule has 0 radical (unpaired) electrons. The van der Waals surface area contributed by atoms with Gasteiger partial charge in [0.05, 0.1) is 28.9 Å². The molecule has 0 unspecified atom stereocenters. The first-order chi connectivity index (χ1) is 8.61. The van der Waals surface area contributed by atoms with Crippen LogP contribution in [0, 0.1) is 0 Å². The van der Waals surface area contributed by atoms with Gasteiger partial charge in [0.15, 0.2) is 0 Å². The van der Waals surface area contributed by atoms with E-state index < -0.39 is 9.84 Å². The third-order valence-electron chi connectivity index (χ3n) is 4.11. The molecule has 1 aliphatic carbocycles. The van der Waals surface area contributed by atoms with Crippen molar-refractivity contribution in [3.63, 3.8) is 0 Å². The zero-order valence-corrected chi connectivity index (χ0v) is 11.2. The third kappa shape index (κ3) is 1.97. The second kappa shape index (κ2) is 4.35. The van der Waals surface area contributed by atoms with Crippen LogP contribution in [0.2, 0.25) is 0 Å². The molecule has 100 valence electrons. The van der Waals surface area contributed by atoms with Crippen LogP contribution in [0.15, 0.2) is 0 Å². The maximum atomic E-state index is 11.5. The average molecular weight is 269 g/mol. The summed E-state index contributed by atoms with van der Waals surface area (Å²) in [6.07, 6.45) is 4.64. The maximum Gasteiger partial charge on any atom is 0.150 e. The smallest absolute Gasteiger partial charge is 0.150 e. The highest BCUT2D eigenvalue weighted by atomic mass is 32.2. The Kier molecular flexibility index (Phi) is 2.94. The summed E-state index contributed by atoms with van der Waals surface area (Å²) in [5.74, 6) is 0.568. The fourth-order valence-electron chi connectivity index (χ4n) is 3.12. The van der Waals surface area contributed by atoms with E-state index in [1.165, 1.54) is 17.7 Å². The highest BCUT2D eigenvalue weighted by molar-refractivity contribution is 7.91. The van der Waals surface area contributed by atoms with E-state index in [1.807, 2.05) is 4.68 Å². The predicted octanol–water partition coefficient (Wildman–Crippen LogP) is 0.580. The first-order valence-corrected chi connectivity index (χ1v) is 8.42. The Labute approximate surface area is 107 Å². The van der Waals surface area contributed by atoms with Crippen LogP contribution in [-0.4, -0.2) is 29.7 Å². The number of sulfone groups is 1. The summed E-state index contributed by atoms with van der Waals surface area (Å²) in [6, 6.07) is 0.220. The standard InChI is InChI=1S/C12H19N3O2S/c13-8-12-10-2-1-3-11(10)14-15(12)9-4-6-18(16,17)7-5-9/h9H,1-8,13H2. The first kappa shape index (κ1) is 12.2. The summed E-state index contributed by atoms with van der Waals surface area (Å²) in [7, 11) is -2.81. The summed E-state index contributed by atoms with van der Waals surface area (Å²) < 4.78 is 25.0. The number of fused-ring (bicyclic) bond motifs is 1. The quantitative estimate of drug-likeness (QED) is 0.852. The molecule has 0 amide bonds. The molecule has 1 aliphatic heterocycles. The number of hydrogen-bond acceptors (Lipinski definition) is 4. The van der Waals surface area contributed by atoms with Crippen molar-refractivity contribution in [2.45, 2.75) is 44.7 Å². The van der Waals surface area contributed by atoms with Gasteiger partial charge in [0, 0.05) is 6.54 Å². The summed E-state index contributed by atoms with van der Waals surface area (Å²) in [5, 5.41) is 4.67. The summed E-state index contributed by atoms with van der Waals surface area (Å²) >= 11 is 0. The molecule has 5 nitrogen and oxygen atoms in total. The van der Waals surface area contributed by atoms with Crippen LogP contribution >= 0.6 is 0 Å². The molecule has 18 heavy (non-hydrogen) atoms. The Bertz CT molecular complexity index is 548. The number of nitrogens with two attached hydrogens (primary N) is 1. The van der Waals surface area contributed by atoms with Crippen molar-refractivity contribution in [2.75, 3.05) is 11.5 Å². The van der Waals surface area contributed by atoms with Crippen molar-refractivity contribution >= 4 is 9.84 Å². The molecule has 0 bridgehead atoms. The molecule has 1 fully saturated rings. The Balaban J connectivity index is 1.89. The molecule has 6 heteroatoms. The lowest BCUT2D eigenvalue weighted by molar-refractivity contribution is 0.398. The van der Waals surface area contributed by atoms with Crippen molar-refractivity contribution in [3.05, 3.63) is 17.0 Å². The van der Waals surface area contributed by atoms with E-state index >= 15 is 0 Å². The topological polar surface area (TPSA) is 78.0 Å². The van der Waals surface area contributed by atoms with Gasteiger partial charge in [-0.1, -0.05) is 0 Å². The number of rotatable bonds is 2. The van der Waals surface area contributed by atoms with Crippen LogP contribution in [0.5, 0.6) is 0 Å². The van der Waals surface area contributed by atoms with E-state index in [0.29, 0.717) is 19.4 Å². The second-order valence-corrected chi connectivity index (χ2v) is 7.56. The van der Waals surface area contributed by atoms with Gasteiger partial charge < -0.3 is 5.73 Å². The van der Waals surface area contributed by atoms with Gasteiger partial charge in [-0.05, 0) is 37.7 Å². The zero-order valence-electron chi connectivity index (χ0n) is 10.4. The van der Waals surface area contributed by atoms with E-state index in [4.69, 9.17) is 5.73 Å². The average Bonchev–Trinajstić information content (AvgIpc) is 2.88. The summed E-state index contributed by atoms with van der Waals surface area (Å²) in [6.45, 7) is 0.506. The summed E-state index contributed by atoms with van der Waals surface area (Å²) in [4.78, 5) is 0. The minimum atomic E-state index is -2.81. The second-order valence-electron chi connectivity index (χ2n) is 5.26. The van der Waals surface area contributed by atoms with Gasteiger partial charge in [-0.3, -0.25) is 4.68 Å². The molecule has 1 aromatic rings. The van der Waals surface area contributed by atoms with Gasteiger partial charge in [-0.25, -0.2) is 8.42 Å². The molecular weight excluding hydrogens is 250 g/mol. The third-order valence-corrected chi connectivity index (χ3v) is 5.82. The van der Waals surface area contributed by atoms with E-state index in [9.17, 15) is 8.42 Å². The maximum absolute atomic E-state index is 11.5. The van der Waals surface area contributed by atoms with Crippen molar-refractivity contribution < 1.29 is 8.42 Å². The Morgan fingerprint density at radius 1 is 1.28 bits per heavy atom. The Hall–Kier alpha value is -0.880. The van der Waals surface area contributed by atoms with E-state index in [1.54, 1.807) is 0 Å². The van der Waals surface area contributed by atoms with E-state index in [2.05, 4.69) is 5.10 Å². The molecule has 0 aromatic carbocycles. The number of aryl methyl sites for hydroxylation is 1. The van der Waals surface area contributed by atoms with Gasteiger partial charge in [-0.2, -0.15) is 5.10 Å². The molecule has 0 saturated carbocycles. The minimum Gasteiger partial charge on any atom is -0.325 e. The monoisotopic (exact) mass is 269 g/mol. The fourth-order valence-corrected chi connectivity index (χ4v) is 4.59. The lowest BCUT2D eigenvalue weighted by atomic mass is 10.1. The van der Waals surface area contributed by atoms with Crippen LogP contribution in [-0.2, 0) is 29.2 Å². The van der Waals surface area contributed by atoms with Crippen LogP contribution in [0.1, 0.15) is 42.3 Å². The van der Waals surface area contributed by atoms with Crippen LogP contribution < -0.4 is 5.73 Å². The van der Waals surface area contributed by atoms with Gasteiger partial charge >= 0.3 is 0 Å². The molecule has 2 heterocycles. The van der Waals surface area contributed by atoms with Gasteiger partial charge in [0.2, 0.25) is 0 Å². The first-order valence-electron chi connectivity index (χ1n) is 6.60. The summed E-state index contributed by atoms with van der Waals surface area (Å²) in [5.41, 5.74) is 9.49. The highest BCUT2D eigenvalue weighted by Crippen LogP contribution is 2.30. The Morgan fingerprint density at radius 3 is 2.67 bits per heavy atom. The molecule has 0 spiro atoms. The number of aromatic nitrogens is 2. The van der Waals surface area contributed by atoms with E-state index in [-0.39, 0.29) is 17.5 Å². The lowest BCUT2D eigenvalue weighted by Gasteiger charge is -2.24. The van der Waals surface area contributed by atoms with Crippen molar-refractivity contribution in [1.29, 1.82) is 0 Å². The van der Waals surface area contributed by atoms with E-state index in [0.717, 1.165) is 18.5 Å². The van der Waals surface area contributed by atoms with Gasteiger partial charge in [0.25, 0.3) is 0 Å². The minimum absolute atomic E-state index is 0.220. The molecule has 2 aliphatic rings. The number of hydrogen-bond donors (Lipinski definition) is 1. The molecule has 0 atom stereocenters. The molecule has 2 N–H and O–H groups in total. The molecule has 3 rings (SSSR count). The normalized spacial score (nSPS) is 23.2. The molecule has 1 saturated heterocycles. The van der Waals surface area contributed by atoms with Gasteiger partial charge in [0.1, 0.15) is 9.84 Å². The molecule has 1 aromatic heterocycles. The highest BCUT2D eigenvalue weighted by Gasteiger charge is 2.29. The fraction of sp³-hybridized carbons (Fsp3) is 0.750. The van der Waals surface area contributed by atoms with Crippen molar-refractivity contribution in [3.8, 4) is 0 Å². The zero-order chi connectivity index (χ0) is 12.8. The van der Waals surface area contributed by atoms with Crippen molar-refractivity contribution in [1.82, 2.24) is 9.78 Å². The van der Waals surface area contributed by atoms with Gasteiger partial charge in [-0.15, -0.1) is 0 Å². The predicted molar refractivity (Wildman–Crippen MR) is 69.1 cm³/mol. The molecular formula is C12H19N3O2S. The van der Waals surface area contributed by atoms with Crippen LogP contribution in [0.3, 0.4) is 0 Å². The SMILES string of the molecule is NCc1c2c(nn1C1CCS(=O)(=O)CC1)CCC2. The van der Waals surface area contributed by atoms with Crippen LogP contribution in [0.25, 0.3) is 0 Å². The largest absolute Gasteiger partial charge is 0.325 e. The Morgan fingerprint density at radius 2 is 2.00 bits per heavy atom. The number of nitrogens with zero attached hydrogens (tertiary/aromatic N) is 2.